The van der Waals surface area contributed by atoms with Gasteiger partial charge in [-0.15, -0.1) is 24.8 Å². The second kappa shape index (κ2) is 9.78. The molecule has 7 heteroatoms. The fraction of sp³-hybridized carbons (Fsp3) is 0.647. The third kappa shape index (κ3) is 4.52. The quantitative estimate of drug-likeness (QED) is 0.845. The number of benzene rings is 1. The largest absolute Gasteiger partial charge is 0.507 e. The van der Waals surface area contributed by atoms with Crippen LogP contribution in [0.5, 0.6) is 5.75 Å². The zero-order valence-electron chi connectivity index (χ0n) is 14.0. The van der Waals surface area contributed by atoms with E-state index in [-0.39, 0.29) is 42.4 Å². The number of nitrogens with zero attached hydrogens (tertiary/aromatic N) is 1. The Balaban J connectivity index is 0.00000144. The molecule has 1 atom stereocenters. The number of phenolic OH excluding ortho intramolecular Hbond substituents is 1. The molecule has 0 unspecified atom stereocenters. The number of piperazine rings is 1. The number of aryl methyl sites for hydroxylation is 1. The van der Waals surface area contributed by atoms with Gasteiger partial charge in [-0.3, -0.25) is 4.90 Å². The summed E-state index contributed by atoms with van der Waals surface area (Å²) in [5.41, 5.74) is 1.22. The summed E-state index contributed by atoms with van der Waals surface area (Å²) >= 11 is 0. The predicted octanol–water partition coefficient (Wildman–Crippen LogP) is 3.06. The highest BCUT2D eigenvalue weighted by Gasteiger charge is 2.35. The molecule has 4 nitrogen and oxygen atoms in total. The maximum atomic E-state index is 14.6. The van der Waals surface area contributed by atoms with Crippen molar-refractivity contribution in [3.63, 3.8) is 0 Å². The maximum Gasteiger partial charge on any atom is 0.131 e. The summed E-state index contributed by atoms with van der Waals surface area (Å²) in [4.78, 5) is 2.32. The van der Waals surface area contributed by atoms with Gasteiger partial charge in [0.05, 0.1) is 0 Å². The van der Waals surface area contributed by atoms with E-state index < -0.39 is 0 Å². The van der Waals surface area contributed by atoms with E-state index in [1.807, 2.05) is 6.92 Å². The van der Waals surface area contributed by atoms with E-state index in [2.05, 4.69) is 10.2 Å². The number of hydrogen-bond acceptors (Lipinski definition) is 4. The molecule has 0 aromatic heterocycles. The van der Waals surface area contributed by atoms with E-state index in [0.717, 1.165) is 57.8 Å². The van der Waals surface area contributed by atoms with Crippen molar-refractivity contribution in [3.05, 3.63) is 29.1 Å². The van der Waals surface area contributed by atoms with Crippen molar-refractivity contribution in [2.24, 2.45) is 5.92 Å². The second-order valence-electron chi connectivity index (χ2n) is 6.31. The molecule has 2 aliphatic rings. The van der Waals surface area contributed by atoms with Crippen LogP contribution >= 0.6 is 24.8 Å². The molecular weight excluding hydrogens is 354 g/mol. The molecule has 2 heterocycles. The van der Waals surface area contributed by atoms with E-state index in [1.54, 1.807) is 6.07 Å². The minimum atomic E-state index is -0.293. The Morgan fingerprint density at radius 3 is 2.46 bits per heavy atom. The standard InChI is InChI=1S/C17H25FN2O2.2ClH/c1-12-2-3-14(18)15(17(12)21)16(13-4-10-22-11-5-13)20-8-6-19-7-9-20;;/h2-3,13,16,19,21H,4-11H2,1H3;2*1H/t16-;;/m1../s1. The Kier molecular flexibility index (Phi) is 8.74. The zero-order valence-corrected chi connectivity index (χ0v) is 15.6. The van der Waals surface area contributed by atoms with Gasteiger partial charge in [0.25, 0.3) is 0 Å². The Hall–Kier alpha value is -0.590. The van der Waals surface area contributed by atoms with Crippen LogP contribution in [0.4, 0.5) is 4.39 Å². The van der Waals surface area contributed by atoms with Crippen molar-refractivity contribution < 1.29 is 14.2 Å². The summed E-state index contributed by atoms with van der Waals surface area (Å²) in [6.45, 7) is 6.87. The van der Waals surface area contributed by atoms with Crippen LogP contribution in [0.25, 0.3) is 0 Å². The summed E-state index contributed by atoms with van der Waals surface area (Å²) < 4.78 is 20.0. The van der Waals surface area contributed by atoms with E-state index >= 15 is 0 Å². The summed E-state index contributed by atoms with van der Waals surface area (Å²) in [6.07, 6.45) is 1.84. The molecule has 2 N–H and O–H groups in total. The predicted molar refractivity (Wildman–Crippen MR) is 98.0 cm³/mol. The van der Waals surface area contributed by atoms with Crippen LogP contribution in [0.1, 0.15) is 30.0 Å². The number of rotatable bonds is 3. The lowest BCUT2D eigenvalue weighted by Gasteiger charge is -2.41. The molecule has 2 fully saturated rings. The smallest absolute Gasteiger partial charge is 0.131 e. The first-order valence-corrected chi connectivity index (χ1v) is 8.19. The minimum absolute atomic E-state index is 0. The maximum absolute atomic E-state index is 14.6. The fourth-order valence-corrected chi connectivity index (χ4v) is 3.68. The Morgan fingerprint density at radius 1 is 1.21 bits per heavy atom. The third-order valence-electron chi connectivity index (χ3n) is 4.92. The van der Waals surface area contributed by atoms with Gasteiger partial charge < -0.3 is 15.2 Å². The van der Waals surface area contributed by atoms with Crippen molar-refractivity contribution in [1.82, 2.24) is 10.2 Å². The van der Waals surface area contributed by atoms with Gasteiger partial charge >= 0.3 is 0 Å². The van der Waals surface area contributed by atoms with E-state index in [0.29, 0.717) is 11.5 Å². The number of halogens is 3. The Labute approximate surface area is 155 Å². The first kappa shape index (κ1) is 21.5. The second-order valence-corrected chi connectivity index (χ2v) is 6.31. The average molecular weight is 381 g/mol. The van der Waals surface area contributed by atoms with Gasteiger partial charge in [0.2, 0.25) is 0 Å². The molecule has 1 aromatic rings. The van der Waals surface area contributed by atoms with Gasteiger partial charge in [-0.25, -0.2) is 4.39 Å². The SMILES string of the molecule is Cc1ccc(F)c([C@@H](C2CCOCC2)N2CCNCC2)c1O.Cl.Cl. The highest BCUT2D eigenvalue weighted by molar-refractivity contribution is 5.85. The summed E-state index contributed by atoms with van der Waals surface area (Å²) in [7, 11) is 0. The molecule has 138 valence electrons. The van der Waals surface area contributed by atoms with Crippen molar-refractivity contribution in [3.8, 4) is 5.75 Å². The number of aromatic hydroxyl groups is 1. The number of hydrogen-bond donors (Lipinski definition) is 2. The monoisotopic (exact) mass is 380 g/mol. The van der Waals surface area contributed by atoms with Gasteiger partial charge in [0.1, 0.15) is 11.6 Å². The fourth-order valence-electron chi connectivity index (χ4n) is 3.68. The topological polar surface area (TPSA) is 44.7 Å². The van der Waals surface area contributed by atoms with Crippen LogP contribution in [0.15, 0.2) is 12.1 Å². The van der Waals surface area contributed by atoms with Gasteiger partial charge in [0.15, 0.2) is 0 Å². The lowest BCUT2D eigenvalue weighted by atomic mass is 9.84. The molecule has 3 rings (SSSR count). The van der Waals surface area contributed by atoms with E-state index in [1.165, 1.54) is 6.07 Å². The molecule has 0 saturated carbocycles. The van der Waals surface area contributed by atoms with Crippen molar-refractivity contribution >= 4 is 24.8 Å². The van der Waals surface area contributed by atoms with E-state index in [4.69, 9.17) is 4.74 Å². The minimum Gasteiger partial charge on any atom is -0.507 e. The van der Waals surface area contributed by atoms with Crippen molar-refractivity contribution in [1.29, 1.82) is 0 Å². The number of phenols is 1. The van der Waals surface area contributed by atoms with Gasteiger partial charge in [-0.2, -0.15) is 0 Å². The molecule has 2 saturated heterocycles. The number of ether oxygens (including phenoxy) is 1. The molecule has 0 radical (unpaired) electrons. The molecule has 24 heavy (non-hydrogen) atoms. The molecule has 1 aromatic carbocycles. The zero-order chi connectivity index (χ0) is 15.5. The first-order chi connectivity index (χ1) is 10.7. The van der Waals surface area contributed by atoms with Crippen LogP contribution in [-0.2, 0) is 4.74 Å². The average Bonchev–Trinajstić information content (AvgIpc) is 2.57. The third-order valence-corrected chi connectivity index (χ3v) is 4.92. The van der Waals surface area contributed by atoms with Crippen LogP contribution in [0, 0.1) is 18.7 Å². The van der Waals surface area contributed by atoms with Crippen LogP contribution in [0.3, 0.4) is 0 Å². The van der Waals surface area contributed by atoms with E-state index in [9.17, 15) is 9.50 Å². The molecule has 0 bridgehead atoms. The normalized spacial score (nSPS) is 20.8. The lowest BCUT2D eigenvalue weighted by molar-refractivity contribution is 0.0195. The molecule has 2 aliphatic heterocycles. The van der Waals surface area contributed by atoms with Crippen LogP contribution in [-0.4, -0.2) is 49.4 Å². The summed E-state index contributed by atoms with van der Waals surface area (Å²) in [5.74, 6) is 0.155. The Bertz CT molecular complexity index is 504. The highest BCUT2D eigenvalue weighted by atomic mass is 35.5. The van der Waals surface area contributed by atoms with Gasteiger partial charge in [-0.05, 0) is 37.3 Å². The molecule has 0 amide bonds. The summed E-state index contributed by atoms with van der Waals surface area (Å²) in [5, 5.41) is 13.8. The lowest BCUT2D eigenvalue weighted by Crippen LogP contribution is -2.47. The summed E-state index contributed by atoms with van der Waals surface area (Å²) in [6, 6.07) is 3.07. The van der Waals surface area contributed by atoms with Crippen molar-refractivity contribution in [2.45, 2.75) is 25.8 Å². The highest BCUT2D eigenvalue weighted by Crippen LogP contribution is 2.41. The Morgan fingerprint density at radius 2 is 1.83 bits per heavy atom. The van der Waals surface area contributed by atoms with Gasteiger partial charge in [-0.1, -0.05) is 6.07 Å². The molecule has 0 spiro atoms. The van der Waals surface area contributed by atoms with Crippen LogP contribution in [0.2, 0.25) is 0 Å². The van der Waals surface area contributed by atoms with Crippen LogP contribution < -0.4 is 5.32 Å². The molecular formula is C17H27Cl2FN2O2. The molecule has 0 aliphatic carbocycles. The first-order valence-electron chi connectivity index (χ1n) is 8.19. The van der Waals surface area contributed by atoms with Gasteiger partial charge in [0, 0.05) is 51.0 Å². The van der Waals surface area contributed by atoms with Crippen molar-refractivity contribution in [2.75, 3.05) is 39.4 Å². The number of nitrogens with one attached hydrogen (secondary N) is 1.